The molecule has 0 amide bonds. The average molecular weight is 283 g/mol. The molecule has 4 heteroatoms. The molecule has 0 spiro atoms. The number of ketones is 1. The Bertz CT molecular complexity index is 606. The van der Waals surface area contributed by atoms with Crippen molar-refractivity contribution in [3.8, 4) is 0 Å². The number of hydrogen-bond acceptors (Lipinski definition) is 3. The number of imidazole rings is 1. The molecule has 0 bridgehead atoms. The van der Waals surface area contributed by atoms with Crippen molar-refractivity contribution in [3.05, 3.63) is 54.1 Å². The third-order valence-electron chi connectivity index (χ3n) is 4.28. The number of Topliss-reactive ketones (excluding diaryl/α,β-unsaturated/α-hetero) is 1. The first-order valence-electron chi connectivity index (χ1n) is 7.52. The maximum absolute atomic E-state index is 12.4. The third kappa shape index (κ3) is 3.22. The van der Waals surface area contributed by atoms with Gasteiger partial charge in [0.25, 0.3) is 0 Å². The average Bonchev–Trinajstić information content (AvgIpc) is 3.11. The van der Waals surface area contributed by atoms with Gasteiger partial charge in [-0.25, -0.2) is 4.98 Å². The summed E-state index contributed by atoms with van der Waals surface area (Å²) in [6.07, 6.45) is 6.67. The fourth-order valence-corrected chi connectivity index (χ4v) is 3.02. The van der Waals surface area contributed by atoms with Crippen LogP contribution in [0.25, 0.3) is 0 Å². The van der Waals surface area contributed by atoms with Gasteiger partial charge in [-0.1, -0.05) is 30.3 Å². The Labute approximate surface area is 125 Å². The van der Waals surface area contributed by atoms with Gasteiger partial charge in [0.05, 0.1) is 6.54 Å². The van der Waals surface area contributed by atoms with E-state index in [-0.39, 0.29) is 5.78 Å². The van der Waals surface area contributed by atoms with Crippen molar-refractivity contribution < 1.29 is 4.79 Å². The Morgan fingerprint density at radius 3 is 2.86 bits per heavy atom. The molecule has 1 aromatic carbocycles. The van der Waals surface area contributed by atoms with Crippen molar-refractivity contribution >= 4 is 5.78 Å². The van der Waals surface area contributed by atoms with Crippen LogP contribution in [-0.2, 0) is 13.6 Å². The van der Waals surface area contributed by atoms with Gasteiger partial charge in [-0.05, 0) is 19.4 Å². The standard InChI is InChI=1S/C17H21N3O/c1-19-11-9-18-17(19)13-20-10-5-8-15(20)12-16(21)14-6-3-2-4-7-14/h2-4,6-7,9,11,15H,5,8,10,12-13H2,1H3/t15-/m0/s1. The zero-order valence-corrected chi connectivity index (χ0v) is 12.4. The molecule has 1 aromatic heterocycles. The van der Waals surface area contributed by atoms with Crippen LogP contribution >= 0.6 is 0 Å². The Morgan fingerprint density at radius 2 is 2.14 bits per heavy atom. The molecule has 4 nitrogen and oxygen atoms in total. The van der Waals surface area contributed by atoms with Crippen LogP contribution in [0.3, 0.4) is 0 Å². The van der Waals surface area contributed by atoms with Gasteiger partial charge in [-0.3, -0.25) is 9.69 Å². The predicted molar refractivity (Wildman–Crippen MR) is 82.0 cm³/mol. The van der Waals surface area contributed by atoms with Gasteiger partial charge in [0, 0.05) is 37.5 Å². The van der Waals surface area contributed by atoms with Gasteiger partial charge in [0.15, 0.2) is 5.78 Å². The minimum atomic E-state index is 0.243. The molecule has 1 atom stereocenters. The molecule has 0 saturated carbocycles. The number of carbonyl (C=O) groups excluding carboxylic acids is 1. The quantitative estimate of drug-likeness (QED) is 0.792. The highest BCUT2D eigenvalue weighted by molar-refractivity contribution is 5.96. The van der Waals surface area contributed by atoms with Gasteiger partial charge in [0.2, 0.25) is 0 Å². The number of aryl methyl sites for hydroxylation is 1. The van der Waals surface area contributed by atoms with E-state index >= 15 is 0 Å². The van der Waals surface area contributed by atoms with Gasteiger partial charge in [-0.2, -0.15) is 0 Å². The number of nitrogens with zero attached hydrogens (tertiary/aromatic N) is 3. The highest BCUT2D eigenvalue weighted by Gasteiger charge is 2.27. The van der Waals surface area contributed by atoms with E-state index in [1.165, 1.54) is 0 Å². The second-order valence-electron chi connectivity index (χ2n) is 5.71. The summed E-state index contributed by atoms with van der Waals surface area (Å²) in [5, 5.41) is 0. The van der Waals surface area contributed by atoms with Crippen molar-refractivity contribution in [3.63, 3.8) is 0 Å². The fraction of sp³-hybridized carbons (Fsp3) is 0.412. The Kier molecular flexibility index (Phi) is 4.15. The Balaban J connectivity index is 1.64. The van der Waals surface area contributed by atoms with E-state index in [1.54, 1.807) is 0 Å². The van der Waals surface area contributed by atoms with E-state index < -0.39 is 0 Å². The summed E-state index contributed by atoms with van der Waals surface area (Å²) >= 11 is 0. The number of likely N-dealkylation sites (tertiary alicyclic amines) is 1. The lowest BCUT2D eigenvalue weighted by atomic mass is 10.0. The van der Waals surface area contributed by atoms with E-state index in [1.807, 2.05) is 54.3 Å². The summed E-state index contributed by atoms with van der Waals surface area (Å²) in [4.78, 5) is 19.1. The number of benzene rings is 1. The zero-order valence-electron chi connectivity index (χ0n) is 12.4. The van der Waals surface area contributed by atoms with E-state index in [2.05, 4.69) is 9.88 Å². The first kappa shape index (κ1) is 14.0. The van der Waals surface area contributed by atoms with Gasteiger partial charge in [-0.15, -0.1) is 0 Å². The van der Waals surface area contributed by atoms with Crippen molar-refractivity contribution in [2.45, 2.75) is 31.8 Å². The fourth-order valence-electron chi connectivity index (χ4n) is 3.02. The van der Waals surface area contributed by atoms with Crippen molar-refractivity contribution in [2.75, 3.05) is 6.54 Å². The summed E-state index contributed by atoms with van der Waals surface area (Å²) in [5.74, 6) is 1.31. The van der Waals surface area contributed by atoms with Crippen LogP contribution in [0.1, 0.15) is 35.4 Å². The van der Waals surface area contributed by atoms with Crippen LogP contribution in [0.15, 0.2) is 42.7 Å². The first-order chi connectivity index (χ1) is 10.2. The minimum absolute atomic E-state index is 0.243. The molecule has 0 N–H and O–H groups in total. The topological polar surface area (TPSA) is 38.1 Å². The molecule has 21 heavy (non-hydrogen) atoms. The molecule has 110 valence electrons. The molecule has 2 aromatic rings. The smallest absolute Gasteiger partial charge is 0.164 e. The van der Waals surface area contributed by atoms with E-state index in [0.717, 1.165) is 37.3 Å². The van der Waals surface area contributed by atoms with Crippen LogP contribution in [0.5, 0.6) is 0 Å². The van der Waals surface area contributed by atoms with E-state index in [9.17, 15) is 4.79 Å². The minimum Gasteiger partial charge on any atom is -0.337 e. The summed E-state index contributed by atoms with van der Waals surface area (Å²) in [7, 11) is 2.02. The van der Waals surface area contributed by atoms with Crippen molar-refractivity contribution in [1.82, 2.24) is 14.5 Å². The normalized spacial score (nSPS) is 19.0. The monoisotopic (exact) mass is 283 g/mol. The van der Waals surface area contributed by atoms with E-state index in [0.29, 0.717) is 12.5 Å². The molecule has 1 aliphatic rings. The largest absolute Gasteiger partial charge is 0.337 e. The molecule has 0 unspecified atom stereocenters. The predicted octanol–water partition coefficient (Wildman–Crippen LogP) is 2.66. The maximum atomic E-state index is 12.4. The van der Waals surface area contributed by atoms with Crippen molar-refractivity contribution in [2.24, 2.45) is 7.05 Å². The lowest BCUT2D eigenvalue weighted by Crippen LogP contribution is -2.31. The summed E-state index contributed by atoms with van der Waals surface area (Å²) in [6, 6.07) is 9.94. The molecule has 1 fully saturated rings. The summed E-state index contributed by atoms with van der Waals surface area (Å²) < 4.78 is 2.05. The Morgan fingerprint density at radius 1 is 1.33 bits per heavy atom. The van der Waals surface area contributed by atoms with Crippen molar-refractivity contribution in [1.29, 1.82) is 0 Å². The molecule has 1 aliphatic heterocycles. The van der Waals surface area contributed by atoms with E-state index in [4.69, 9.17) is 0 Å². The highest BCUT2D eigenvalue weighted by atomic mass is 16.1. The second kappa shape index (κ2) is 6.22. The summed E-state index contributed by atoms with van der Waals surface area (Å²) in [5.41, 5.74) is 0.821. The molecule has 0 aliphatic carbocycles. The van der Waals surface area contributed by atoms with Crippen LogP contribution in [-0.4, -0.2) is 32.8 Å². The molecule has 3 rings (SSSR count). The highest BCUT2D eigenvalue weighted by Crippen LogP contribution is 2.23. The Hall–Kier alpha value is -1.94. The number of carbonyl (C=O) groups is 1. The third-order valence-corrected chi connectivity index (χ3v) is 4.28. The summed E-state index contributed by atoms with van der Waals surface area (Å²) in [6.45, 7) is 1.88. The SMILES string of the molecule is Cn1ccnc1CN1CCC[C@H]1CC(=O)c1ccccc1. The van der Waals surface area contributed by atoms with Gasteiger partial charge in [0.1, 0.15) is 5.82 Å². The van der Waals surface area contributed by atoms with Crippen LogP contribution in [0, 0.1) is 0 Å². The number of hydrogen-bond donors (Lipinski definition) is 0. The number of aromatic nitrogens is 2. The van der Waals surface area contributed by atoms with Gasteiger partial charge >= 0.3 is 0 Å². The molecular weight excluding hydrogens is 262 g/mol. The number of rotatable bonds is 5. The zero-order chi connectivity index (χ0) is 14.7. The lowest BCUT2D eigenvalue weighted by molar-refractivity contribution is 0.0937. The molecular formula is C17H21N3O. The van der Waals surface area contributed by atoms with Crippen LogP contribution < -0.4 is 0 Å². The second-order valence-corrected chi connectivity index (χ2v) is 5.71. The first-order valence-corrected chi connectivity index (χ1v) is 7.52. The lowest BCUT2D eigenvalue weighted by Gasteiger charge is -2.23. The van der Waals surface area contributed by atoms with Crippen LogP contribution in [0.4, 0.5) is 0 Å². The maximum Gasteiger partial charge on any atom is 0.164 e. The molecule has 2 heterocycles. The molecule has 0 radical (unpaired) electrons. The van der Waals surface area contributed by atoms with Gasteiger partial charge < -0.3 is 4.57 Å². The molecule has 1 saturated heterocycles. The van der Waals surface area contributed by atoms with Crippen LogP contribution in [0.2, 0.25) is 0 Å².